The fourth-order valence-electron chi connectivity index (χ4n) is 1.37. The van der Waals surface area contributed by atoms with Gasteiger partial charge in [0.25, 0.3) is 0 Å². The molecule has 0 bridgehead atoms. The van der Waals surface area contributed by atoms with E-state index in [0.717, 1.165) is 0 Å². The summed E-state index contributed by atoms with van der Waals surface area (Å²) >= 11 is 0. The van der Waals surface area contributed by atoms with Gasteiger partial charge in [0, 0.05) is 25.3 Å². The van der Waals surface area contributed by atoms with Crippen LogP contribution in [0, 0.1) is 17.1 Å². The van der Waals surface area contributed by atoms with Gasteiger partial charge in [-0.2, -0.15) is 5.26 Å². The number of hydrogen-bond donors (Lipinski definition) is 1. The zero-order chi connectivity index (χ0) is 12.0. The normalized spacial score (nSPS) is 12.1. The van der Waals surface area contributed by atoms with E-state index in [0.29, 0.717) is 24.3 Å². The monoisotopic (exact) mass is 222 g/mol. The van der Waals surface area contributed by atoms with E-state index in [4.69, 9.17) is 10.00 Å². The molecule has 4 heteroatoms. The van der Waals surface area contributed by atoms with E-state index in [9.17, 15) is 4.39 Å². The van der Waals surface area contributed by atoms with Crippen molar-refractivity contribution >= 4 is 0 Å². The molecule has 16 heavy (non-hydrogen) atoms. The highest BCUT2D eigenvalue weighted by Gasteiger charge is 2.05. The fraction of sp³-hybridized carbons (Fsp3) is 0.417. The Kier molecular flexibility index (Phi) is 4.90. The highest BCUT2D eigenvalue weighted by Crippen LogP contribution is 2.10. The van der Waals surface area contributed by atoms with Crippen molar-refractivity contribution < 1.29 is 9.13 Å². The second-order valence-electron chi connectivity index (χ2n) is 3.66. The second kappa shape index (κ2) is 6.21. The van der Waals surface area contributed by atoms with Crippen molar-refractivity contribution in [1.82, 2.24) is 5.32 Å². The number of ether oxygens (including phenoxy) is 1. The van der Waals surface area contributed by atoms with Gasteiger partial charge in [0.1, 0.15) is 5.82 Å². The zero-order valence-electron chi connectivity index (χ0n) is 9.46. The van der Waals surface area contributed by atoms with Gasteiger partial charge >= 0.3 is 0 Å². The summed E-state index contributed by atoms with van der Waals surface area (Å²) in [5.74, 6) is -0.295. The van der Waals surface area contributed by atoms with Gasteiger partial charge in [-0.3, -0.25) is 0 Å². The average molecular weight is 222 g/mol. The molecule has 1 rings (SSSR count). The third-order valence-corrected chi connectivity index (χ3v) is 2.23. The van der Waals surface area contributed by atoms with Crippen LogP contribution in [0.2, 0.25) is 0 Å². The van der Waals surface area contributed by atoms with Gasteiger partial charge in [0.15, 0.2) is 0 Å². The summed E-state index contributed by atoms with van der Waals surface area (Å²) in [5, 5.41) is 11.8. The molecular weight excluding hydrogens is 207 g/mol. The molecule has 86 valence electrons. The van der Waals surface area contributed by atoms with Crippen molar-refractivity contribution in [2.75, 3.05) is 13.7 Å². The molecule has 0 aliphatic rings. The predicted molar refractivity (Wildman–Crippen MR) is 59.3 cm³/mol. The van der Waals surface area contributed by atoms with Crippen LogP contribution in [-0.2, 0) is 11.3 Å². The third kappa shape index (κ3) is 3.61. The van der Waals surface area contributed by atoms with E-state index >= 15 is 0 Å². The molecule has 0 fully saturated rings. The number of methoxy groups -OCH3 is 1. The molecule has 3 nitrogen and oxygen atoms in total. The van der Waals surface area contributed by atoms with E-state index in [-0.39, 0.29) is 11.9 Å². The topological polar surface area (TPSA) is 45.0 Å². The zero-order valence-corrected chi connectivity index (χ0v) is 9.46. The first-order valence-corrected chi connectivity index (χ1v) is 5.08. The Bertz CT molecular complexity index is 387. The van der Waals surface area contributed by atoms with E-state index in [1.165, 1.54) is 12.1 Å². The highest BCUT2D eigenvalue weighted by atomic mass is 19.1. The lowest BCUT2D eigenvalue weighted by atomic mass is 10.1. The van der Waals surface area contributed by atoms with Crippen LogP contribution >= 0.6 is 0 Å². The molecule has 1 aromatic rings. The quantitative estimate of drug-likeness (QED) is 0.826. The molecule has 0 spiro atoms. The van der Waals surface area contributed by atoms with Crippen LogP contribution < -0.4 is 5.32 Å². The lowest BCUT2D eigenvalue weighted by molar-refractivity contribution is 0.171. The van der Waals surface area contributed by atoms with Gasteiger partial charge in [-0.1, -0.05) is 0 Å². The molecule has 0 aliphatic heterocycles. The molecule has 0 aromatic heterocycles. The number of halogens is 1. The summed E-state index contributed by atoms with van der Waals surface area (Å²) in [7, 11) is 1.62. The molecule has 0 aliphatic carbocycles. The number of rotatable bonds is 5. The van der Waals surface area contributed by atoms with Crippen LogP contribution in [-0.4, -0.2) is 19.8 Å². The molecule has 1 N–H and O–H groups in total. The predicted octanol–water partition coefficient (Wildman–Crippen LogP) is 1.82. The summed E-state index contributed by atoms with van der Waals surface area (Å²) in [6.45, 7) is 2.92. The highest BCUT2D eigenvalue weighted by molar-refractivity contribution is 5.33. The van der Waals surface area contributed by atoms with Crippen molar-refractivity contribution in [1.29, 1.82) is 5.26 Å². The first kappa shape index (κ1) is 12.6. The molecule has 1 atom stereocenters. The van der Waals surface area contributed by atoms with Gasteiger partial charge in [-0.15, -0.1) is 0 Å². The molecule has 1 aromatic carbocycles. The number of nitrogens with zero attached hydrogens (tertiary/aromatic N) is 1. The van der Waals surface area contributed by atoms with Gasteiger partial charge in [-0.05, 0) is 25.1 Å². The third-order valence-electron chi connectivity index (χ3n) is 2.23. The first-order valence-electron chi connectivity index (χ1n) is 5.08. The van der Waals surface area contributed by atoms with Crippen molar-refractivity contribution in [3.8, 4) is 6.07 Å². The van der Waals surface area contributed by atoms with Crippen molar-refractivity contribution in [2.24, 2.45) is 0 Å². The molecule has 0 saturated heterocycles. The van der Waals surface area contributed by atoms with E-state index < -0.39 is 0 Å². The molecular formula is C12H15FN2O. The Balaban J connectivity index is 2.63. The van der Waals surface area contributed by atoms with Crippen molar-refractivity contribution in [2.45, 2.75) is 19.5 Å². The summed E-state index contributed by atoms with van der Waals surface area (Å²) in [6.07, 6.45) is 0. The minimum atomic E-state index is -0.295. The summed E-state index contributed by atoms with van der Waals surface area (Å²) in [5.41, 5.74) is 0.972. The van der Waals surface area contributed by atoms with Gasteiger partial charge < -0.3 is 10.1 Å². The maximum absolute atomic E-state index is 13.4. The van der Waals surface area contributed by atoms with Crippen LogP contribution in [0.25, 0.3) is 0 Å². The van der Waals surface area contributed by atoms with E-state index in [2.05, 4.69) is 5.32 Å². The van der Waals surface area contributed by atoms with Gasteiger partial charge in [-0.25, -0.2) is 4.39 Å². The van der Waals surface area contributed by atoms with Crippen LogP contribution in [0.4, 0.5) is 4.39 Å². The van der Waals surface area contributed by atoms with Crippen LogP contribution in [0.3, 0.4) is 0 Å². The van der Waals surface area contributed by atoms with E-state index in [1.807, 2.05) is 13.0 Å². The number of nitriles is 1. The molecule has 0 amide bonds. The van der Waals surface area contributed by atoms with Gasteiger partial charge in [0.2, 0.25) is 0 Å². The summed E-state index contributed by atoms with van der Waals surface area (Å²) in [4.78, 5) is 0. The Morgan fingerprint density at radius 3 is 2.94 bits per heavy atom. The van der Waals surface area contributed by atoms with Gasteiger partial charge in [0.05, 0.1) is 18.2 Å². The maximum Gasteiger partial charge on any atom is 0.127 e. The minimum Gasteiger partial charge on any atom is -0.383 e. The Morgan fingerprint density at radius 2 is 2.31 bits per heavy atom. The van der Waals surface area contributed by atoms with Crippen molar-refractivity contribution in [3.63, 3.8) is 0 Å². The lowest BCUT2D eigenvalue weighted by Crippen LogP contribution is -2.29. The Labute approximate surface area is 94.8 Å². The number of benzene rings is 1. The number of hydrogen-bond acceptors (Lipinski definition) is 3. The molecule has 0 heterocycles. The van der Waals surface area contributed by atoms with Crippen LogP contribution in [0.5, 0.6) is 0 Å². The summed E-state index contributed by atoms with van der Waals surface area (Å²) < 4.78 is 18.3. The van der Waals surface area contributed by atoms with Crippen LogP contribution in [0.15, 0.2) is 18.2 Å². The fourth-order valence-corrected chi connectivity index (χ4v) is 1.37. The molecule has 0 saturated carbocycles. The Hall–Kier alpha value is -1.44. The number of nitrogens with one attached hydrogen (secondary N) is 1. The smallest absolute Gasteiger partial charge is 0.127 e. The minimum absolute atomic E-state index is 0.148. The lowest BCUT2D eigenvalue weighted by Gasteiger charge is -2.13. The van der Waals surface area contributed by atoms with Crippen LogP contribution in [0.1, 0.15) is 18.1 Å². The van der Waals surface area contributed by atoms with E-state index in [1.54, 1.807) is 13.2 Å². The summed E-state index contributed by atoms with van der Waals surface area (Å²) in [6, 6.07) is 6.48. The molecule has 0 radical (unpaired) electrons. The first-order chi connectivity index (χ1) is 7.67. The second-order valence-corrected chi connectivity index (χ2v) is 3.66. The maximum atomic E-state index is 13.4. The SMILES string of the molecule is COCC(C)NCc1cc(C#N)ccc1F. The standard InChI is InChI=1S/C12H15FN2O/c1-9(8-16-2)15-7-11-5-10(6-14)3-4-12(11)13/h3-5,9,15H,7-8H2,1-2H3. The largest absolute Gasteiger partial charge is 0.383 e. The average Bonchev–Trinajstić information content (AvgIpc) is 2.28. The van der Waals surface area contributed by atoms with Crippen molar-refractivity contribution in [3.05, 3.63) is 35.1 Å². The Morgan fingerprint density at radius 1 is 1.56 bits per heavy atom. The molecule has 1 unspecified atom stereocenters.